The van der Waals surface area contributed by atoms with Crippen LogP contribution in [-0.4, -0.2) is 47.5 Å². The molecule has 0 radical (unpaired) electrons. The van der Waals surface area contributed by atoms with Crippen LogP contribution in [0, 0.1) is 18.3 Å². The second kappa shape index (κ2) is 6.70. The molecule has 0 unspecified atom stereocenters. The van der Waals surface area contributed by atoms with E-state index >= 15 is 0 Å². The van der Waals surface area contributed by atoms with Crippen LogP contribution in [0.3, 0.4) is 0 Å². The number of aryl methyl sites for hydroxylation is 1. The molecule has 1 aromatic rings. The minimum absolute atomic E-state index is 0.0315. The number of aromatic nitrogens is 1. The third-order valence-corrected chi connectivity index (χ3v) is 3.30. The summed E-state index contributed by atoms with van der Waals surface area (Å²) in [7, 11) is 0. The summed E-state index contributed by atoms with van der Waals surface area (Å²) in [5.41, 5.74) is 1.41. The topological polar surface area (TPSA) is 98.1 Å². The molecule has 1 atom stereocenters. The highest BCUT2D eigenvalue weighted by Gasteiger charge is 2.27. The lowest BCUT2D eigenvalue weighted by Gasteiger charge is -2.17. The van der Waals surface area contributed by atoms with Crippen LogP contribution < -0.4 is 10.6 Å². The van der Waals surface area contributed by atoms with E-state index < -0.39 is 0 Å². The van der Waals surface area contributed by atoms with Crippen molar-refractivity contribution >= 4 is 11.9 Å². The zero-order valence-electron chi connectivity index (χ0n) is 11.8. The Balaban J connectivity index is 1.87. The Morgan fingerprint density at radius 1 is 1.52 bits per heavy atom. The molecule has 0 saturated carbocycles. The Morgan fingerprint density at radius 3 is 3.00 bits per heavy atom. The molecule has 1 saturated heterocycles. The Kier molecular flexibility index (Phi) is 4.72. The van der Waals surface area contributed by atoms with Crippen LogP contribution in [0.4, 0.5) is 4.79 Å². The van der Waals surface area contributed by atoms with E-state index in [9.17, 15) is 9.59 Å². The number of nitrogens with zero attached hydrogens (tertiary/aromatic N) is 3. The van der Waals surface area contributed by atoms with Gasteiger partial charge in [0.2, 0.25) is 0 Å². The molecule has 2 rings (SSSR count). The number of hydrogen-bond donors (Lipinski definition) is 2. The number of nitrogens with one attached hydrogen (secondary N) is 2. The van der Waals surface area contributed by atoms with Crippen molar-refractivity contribution < 1.29 is 9.59 Å². The van der Waals surface area contributed by atoms with Crippen molar-refractivity contribution in [2.75, 3.05) is 19.6 Å². The minimum Gasteiger partial charge on any atom is -0.336 e. The standard InChI is InChI=1S/C14H17N5O2/c1-10-2-3-11(8-17-10)13(20)19-7-4-12(9-19)18-14(21)16-6-5-15/h2-3,8,12H,4,6-7,9H2,1H3,(H2,16,18,21)/t12-/m1/s1. The molecule has 7 heteroatoms. The van der Waals surface area contributed by atoms with Crippen LogP contribution in [0.25, 0.3) is 0 Å². The van der Waals surface area contributed by atoms with Crippen molar-refractivity contribution in [1.82, 2.24) is 20.5 Å². The first-order chi connectivity index (χ1) is 10.1. The van der Waals surface area contributed by atoms with Crippen molar-refractivity contribution in [3.05, 3.63) is 29.6 Å². The molecule has 1 fully saturated rings. The normalized spacial score (nSPS) is 17.1. The molecule has 0 bridgehead atoms. The van der Waals surface area contributed by atoms with Gasteiger partial charge in [-0.1, -0.05) is 0 Å². The highest BCUT2D eigenvalue weighted by atomic mass is 16.2. The van der Waals surface area contributed by atoms with Gasteiger partial charge in [-0.25, -0.2) is 4.79 Å². The van der Waals surface area contributed by atoms with Crippen LogP contribution in [0.5, 0.6) is 0 Å². The fourth-order valence-electron chi connectivity index (χ4n) is 2.20. The number of urea groups is 1. The molecule has 1 aromatic heterocycles. The summed E-state index contributed by atoms with van der Waals surface area (Å²) in [4.78, 5) is 29.5. The highest BCUT2D eigenvalue weighted by molar-refractivity contribution is 5.94. The highest BCUT2D eigenvalue weighted by Crippen LogP contribution is 2.13. The van der Waals surface area contributed by atoms with E-state index in [0.717, 1.165) is 5.69 Å². The molecule has 1 aliphatic rings. The number of carbonyl (C=O) groups excluding carboxylic acids is 2. The maximum absolute atomic E-state index is 12.3. The molecular formula is C14H17N5O2. The lowest BCUT2D eigenvalue weighted by atomic mass is 10.2. The summed E-state index contributed by atoms with van der Waals surface area (Å²) >= 11 is 0. The van der Waals surface area contributed by atoms with Crippen LogP contribution in [-0.2, 0) is 0 Å². The SMILES string of the molecule is Cc1ccc(C(=O)N2CC[C@@H](NC(=O)NCC#N)C2)cn1. The molecule has 0 aromatic carbocycles. The Labute approximate surface area is 123 Å². The van der Waals surface area contributed by atoms with Crippen molar-refractivity contribution in [3.8, 4) is 6.07 Å². The van der Waals surface area contributed by atoms with E-state index in [1.54, 1.807) is 23.2 Å². The van der Waals surface area contributed by atoms with Crippen molar-refractivity contribution in [3.63, 3.8) is 0 Å². The summed E-state index contributed by atoms with van der Waals surface area (Å²) in [5.74, 6) is -0.0794. The summed E-state index contributed by atoms with van der Waals surface area (Å²) in [6, 6.07) is 4.91. The number of hydrogen-bond acceptors (Lipinski definition) is 4. The number of amides is 3. The third kappa shape index (κ3) is 3.92. The van der Waals surface area contributed by atoms with E-state index in [2.05, 4.69) is 15.6 Å². The zero-order valence-corrected chi connectivity index (χ0v) is 11.8. The van der Waals surface area contributed by atoms with Crippen LogP contribution in [0.15, 0.2) is 18.3 Å². The Bertz CT molecular complexity index is 564. The largest absolute Gasteiger partial charge is 0.336 e. The first-order valence-corrected chi connectivity index (χ1v) is 6.73. The van der Waals surface area contributed by atoms with Crippen molar-refractivity contribution in [2.45, 2.75) is 19.4 Å². The average Bonchev–Trinajstić information content (AvgIpc) is 2.93. The van der Waals surface area contributed by atoms with Crippen LogP contribution in [0.1, 0.15) is 22.5 Å². The molecule has 3 amide bonds. The number of nitriles is 1. The predicted octanol–water partition coefficient (Wildman–Crippen LogP) is 0.427. The van der Waals surface area contributed by atoms with Gasteiger partial charge in [-0.05, 0) is 25.5 Å². The molecule has 110 valence electrons. The third-order valence-electron chi connectivity index (χ3n) is 3.30. The summed E-state index contributed by atoms with van der Waals surface area (Å²) in [6.45, 7) is 2.89. The average molecular weight is 287 g/mol. The molecule has 0 aliphatic carbocycles. The molecule has 2 heterocycles. The maximum Gasteiger partial charge on any atom is 0.315 e. The van der Waals surface area contributed by atoms with E-state index in [-0.39, 0.29) is 24.5 Å². The van der Waals surface area contributed by atoms with Gasteiger partial charge >= 0.3 is 6.03 Å². The van der Waals surface area contributed by atoms with Gasteiger partial charge in [-0.3, -0.25) is 9.78 Å². The van der Waals surface area contributed by atoms with E-state index in [1.165, 1.54) is 0 Å². The maximum atomic E-state index is 12.3. The van der Waals surface area contributed by atoms with Gasteiger partial charge in [0.1, 0.15) is 6.54 Å². The summed E-state index contributed by atoms with van der Waals surface area (Å²) < 4.78 is 0. The lowest BCUT2D eigenvalue weighted by Crippen LogP contribution is -2.44. The second-order valence-corrected chi connectivity index (χ2v) is 4.91. The van der Waals surface area contributed by atoms with Gasteiger partial charge in [-0.2, -0.15) is 5.26 Å². The lowest BCUT2D eigenvalue weighted by molar-refractivity contribution is 0.0789. The minimum atomic E-state index is -0.382. The summed E-state index contributed by atoms with van der Waals surface area (Å²) in [6.07, 6.45) is 2.27. The van der Waals surface area contributed by atoms with Gasteiger partial charge < -0.3 is 15.5 Å². The smallest absolute Gasteiger partial charge is 0.315 e. The number of rotatable bonds is 3. The van der Waals surface area contributed by atoms with Gasteiger partial charge in [-0.15, -0.1) is 0 Å². The monoisotopic (exact) mass is 287 g/mol. The van der Waals surface area contributed by atoms with Gasteiger partial charge in [0.25, 0.3) is 5.91 Å². The van der Waals surface area contributed by atoms with Gasteiger partial charge in [0.05, 0.1) is 11.6 Å². The van der Waals surface area contributed by atoms with Crippen LogP contribution >= 0.6 is 0 Å². The Morgan fingerprint density at radius 2 is 2.33 bits per heavy atom. The van der Waals surface area contributed by atoms with Crippen LogP contribution in [0.2, 0.25) is 0 Å². The fraction of sp³-hybridized carbons (Fsp3) is 0.429. The molecule has 2 N–H and O–H groups in total. The number of likely N-dealkylation sites (tertiary alicyclic amines) is 1. The van der Waals surface area contributed by atoms with E-state index in [4.69, 9.17) is 5.26 Å². The van der Waals surface area contributed by atoms with Gasteiger partial charge in [0.15, 0.2) is 0 Å². The molecule has 7 nitrogen and oxygen atoms in total. The number of carbonyl (C=O) groups is 2. The zero-order chi connectivity index (χ0) is 15.2. The fourth-order valence-corrected chi connectivity index (χ4v) is 2.20. The van der Waals surface area contributed by atoms with E-state index in [0.29, 0.717) is 25.1 Å². The Hall–Kier alpha value is -2.62. The quantitative estimate of drug-likeness (QED) is 0.787. The molecule has 0 spiro atoms. The number of pyridine rings is 1. The predicted molar refractivity (Wildman–Crippen MR) is 75.4 cm³/mol. The molecular weight excluding hydrogens is 270 g/mol. The van der Waals surface area contributed by atoms with E-state index in [1.807, 2.05) is 13.0 Å². The first kappa shape index (κ1) is 14.8. The van der Waals surface area contributed by atoms with Crippen molar-refractivity contribution in [2.24, 2.45) is 0 Å². The first-order valence-electron chi connectivity index (χ1n) is 6.73. The molecule has 1 aliphatic heterocycles. The molecule has 21 heavy (non-hydrogen) atoms. The second-order valence-electron chi connectivity index (χ2n) is 4.91. The summed E-state index contributed by atoms with van der Waals surface area (Å²) in [5, 5.41) is 13.6. The van der Waals surface area contributed by atoms with Crippen molar-refractivity contribution in [1.29, 1.82) is 5.26 Å². The van der Waals surface area contributed by atoms with Gasteiger partial charge in [0, 0.05) is 31.0 Å².